The number of nitrogens with one attached hydrogen (secondary N) is 1. The SMILES string of the molecule is CCS(=O)CCn1nnnc1CNCCOC. The zero-order valence-corrected chi connectivity index (χ0v) is 11.1. The third kappa shape index (κ3) is 5.33. The zero-order chi connectivity index (χ0) is 12.5. The monoisotopic (exact) mass is 261 g/mol. The van der Waals surface area contributed by atoms with E-state index in [0.717, 1.165) is 12.4 Å². The average Bonchev–Trinajstić information content (AvgIpc) is 2.79. The lowest BCUT2D eigenvalue weighted by Crippen LogP contribution is -2.22. The third-order valence-corrected chi connectivity index (χ3v) is 3.51. The number of nitrogens with zero attached hydrogens (tertiary/aromatic N) is 4. The van der Waals surface area contributed by atoms with Crippen molar-refractivity contribution >= 4 is 10.8 Å². The number of aryl methyl sites for hydroxylation is 1. The van der Waals surface area contributed by atoms with Gasteiger partial charge >= 0.3 is 0 Å². The summed E-state index contributed by atoms with van der Waals surface area (Å²) in [5.74, 6) is 2.02. The predicted molar refractivity (Wildman–Crippen MR) is 65.0 cm³/mol. The van der Waals surface area contributed by atoms with Crippen LogP contribution >= 0.6 is 0 Å². The third-order valence-electron chi connectivity index (χ3n) is 2.22. The number of tetrazole rings is 1. The first kappa shape index (κ1) is 14.2. The average molecular weight is 261 g/mol. The first-order chi connectivity index (χ1) is 8.27. The minimum atomic E-state index is -0.785. The molecular formula is C9H19N5O2S. The Labute approximate surface area is 103 Å². The van der Waals surface area contributed by atoms with Gasteiger partial charge in [0, 0.05) is 36.0 Å². The van der Waals surface area contributed by atoms with Crippen LogP contribution in [0.5, 0.6) is 0 Å². The van der Waals surface area contributed by atoms with Gasteiger partial charge in [-0.2, -0.15) is 0 Å². The van der Waals surface area contributed by atoms with Crippen molar-refractivity contribution in [3.63, 3.8) is 0 Å². The summed E-state index contributed by atoms with van der Waals surface area (Å²) in [5.41, 5.74) is 0. The lowest BCUT2D eigenvalue weighted by atomic mass is 10.5. The van der Waals surface area contributed by atoms with E-state index < -0.39 is 10.8 Å². The summed E-state index contributed by atoms with van der Waals surface area (Å²) in [4.78, 5) is 0. The van der Waals surface area contributed by atoms with Gasteiger partial charge in [-0.1, -0.05) is 6.92 Å². The molecule has 0 aliphatic carbocycles. The van der Waals surface area contributed by atoms with Gasteiger partial charge in [-0.15, -0.1) is 5.10 Å². The summed E-state index contributed by atoms with van der Waals surface area (Å²) in [5, 5.41) is 14.6. The summed E-state index contributed by atoms with van der Waals surface area (Å²) < 4.78 is 17.9. The number of hydrogen-bond donors (Lipinski definition) is 1. The van der Waals surface area contributed by atoms with Crippen LogP contribution in [0.25, 0.3) is 0 Å². The molecule has 1 atom stereocenters. The molecule has 1 unspecified atom stereocenters. The van der Waals surface area contributed by atoms with Gasteiger partial charge in [0.2, 0.25) is 0 Å². The van der Waals surface area contributed by atoms with Gasteiger partial charge in [-0.05, 0) is 10.4 Å². The molecule has 1 N–H and O–H groups in total. The van der Waals surface area contributed by atoms with Crippen molar-refractivity contribution in [3.8, 4) is 0 Å². The highest BCUT2D eigenvalue weighted by molar-refractivity contribution is 7.84. The summed E-state index contributed by atoms with van der Waals surface area (Å²) in [6.45, 7) is 4.50. The van der Waals surface area contributed by atoms with Crippen molar-refractivity contribution in [2.75, 3.05) is 31.8 Å². The topological polar surface area (TPSA) is 81.9 Å². The fourth-order valence-electron chi connectivity index (χ4n) is 1.23. The van der Waals surface area contributed by atoms with E-state index >= 15 is 0 Å². The molecule has 0 amide bonds. The van der Waals surface area contributed by atoms with Crippen LogP contribution in [0, 0.1) is 0 Å². The molecule has 1 heterocycles. The number of hydrogen-bond acceptors (Lipinski definition) is 6. The normalized spacial score (nSPS) is 12.8. The number of aromatic nitrogens is 4. The fourth-order valence-corrected chi connectivity index (χ4v) is 1.90. The lowest BCUT2D eigenvalue weighted by Gasteiger charge is -2.05. The van der Waals surface area contributed by atoms with E-state index in [9.17, 15) is 4.21 Å². The smallest absolute Gasteiger partial charge is 0.165 e. The van der Waals surface area contributed by atoms with E-state index in [2.05, 4.69) is 20.8 Å². The van der Waals surface area contributed by atoms with E-state index in [0.29, 0.717) is 31.2 Å². The molecule has 0 saturated carbocycles. The Morgan fingerprint density at radius 1 is 1.53 bits per heavy atom. The fraction of sp³-hybridized carbons (Fsp3) is 0.889. The van der Waals surface area contributed by atoms with Crippen LogP contribution in [0.2, 0.25) is 0 Å². The van der Waals surface area contributed by atoms with Crippen LogP contribution in [0.3, 0.4) is 0 Å². The van der Waals surface area contributed by atoms with Crippen molar-refractivity contribution in [3.05, 3.63) is 5.82 Å². The Kier molecular flexibility index (Phi) is 6.90. The highest BCUT2D eigenvalue weighted by Crippen LogP contribution is 1.93. The van der Waals surface area contributed by atoms with Gasteiger partial charge in [0.1, 0.15) is 0 Å². The van der Waals surface area contributed by atoms with E-state index in [4.69, 9.17) is 4.74 Å². The summed E-state index contributed by atoms with van der Waals surface area (Å²) in [6.07, 6.45) is 0. The second-order valence-electron chi connectivity index (χ2n) is 3.42. The Morgan fingerprint density at radius 2 is 2.35 bits per heavy atom. The lowest BCUT2D eigenvalue weighted by molar-refractivity contribution is 0.198. The molecule has 7 nitrogen and oxygen atoms in total. The molecule has 0 radical (unpaired) electrons. The van der Waals surface area contributed by atoms with E-state index in [1.165, 1.54) is 0 Å². The molecule has 0 spiro atoms. The number of methoxy groups -OCH3 is 1. The van der Waals surface area contributed by atoms with Crippen LogP contribution in [0.15, 0.2) is 0 Å². The summed E-state index contributed by atoms with van der Waals surface area (Å²) in [7, 11) is 0.873. The highest BCUT2D eigenvalue weighted by atomic mass is 32.2. The molecular weight excluding hydrogens is 242 g/mol. The Morgan fingerprint density at radius 3 is 3.06 bits per heavy atom. The van der Waals surface area contributed by atoms with Crippen molar-refractivity contribution in [2.45, 2.75) is 20.0 Å². The number of rotatable bonds is 9. The molecule has 1 aromatic rings. The zero-order valence-electron chi connectivity index (χ0n) is 10.3. The molecule has 98 valence electrons. The maximum atomic E-state index is 11.3. The summed E-state index contributed by atoms with van der Waals surface area (Å²) in [6, 6.07) is 0. The van der Waals surface area contributed by atoms with Gasteiger partial charge in [0.05, 0.1) is 19.7 Å². The van der Waals surface area contributed by atoms with Crippen molar-refractivity contribution in [1.29, 1.82) is 0 Å². The summed E-state index contributed by atoms with van der Waals surface area (Å²) >= 11 is 0. The standard InChI is InChI=1S/C9H19N5O2S/c1-3-17(15)7-5-14-9(11-12-13-14)8-10-4-6-16-2/h10H,3-8H2,1-2H3. The van der Waals surface area contributed by atoms with Crippen molar-refractivity contribution < 1.29 is 8.95 Å². The molecule has 1 rings (SSSR count). The second-order valence-corrected chi connectivity index (χ2v) is 5.29. The molecule has 0 aliphatic heterocycles. The molecule has 17 heavy (non-hydrogen) atoms. The van der Waals surface area contributed by atoms with Crippen molar-refractivity contribution in [2.24, 2.45) is 0 Å². The second kappa shape index (κ2) is 8.26. The maximum Gasteiger partial charge on any atom is 0.165 e. The maximum absolute atomic E-state index is 11.3. The van der Waals surface area contributed by atoms with Crippen LogP contribution in [0.4, 0.5) is 0 Å². The minimum absolute atomic E-state index is 0.590. The molecule has 0 saturated heterocycles. The van der Waals surface area contributed by atoms with Crippen LogP contribution < -0.4 is 5.32 Å². The predicted octanol–water partition coefficient (Wildman–Crippen LogP) is -0.822. The largest absolute Gasteiger partial charge is 0.383 e. The molecule has 1 aromatic heterocycles. The first-order valence-corrected chi connectivity index (χ1v) is 7.06. The van der Waals surface area contributed by atoms with Crippen LogP contribution in [-0.4, -0.2) is 56.2 Å². The van der Waals surface area contributed by atoms with Gasteiger partial charge in [-0.25, -0.2) is 4.68 Å². The van der Waals surface area contributed by atoms with Gasteiger partial charge < -0.3 is 10.1 Å². The van der Waals surface area contributed by atoms with Gasteiger partial charge in [-0.3, -0.25) is 4.21 Å². The number of ether oxygens (including phenoxy) is 1. The van der Waals surface area contributed by atoms with E-state index in [-0.39, 0.29) is 0 Å². The Hall–Kier alpha value is -0.860. The van der Waals surface area contributed by atoms with Crippen LogP contribution in [0.1, 0.15) is 12.7 Å². The molecule has 0 bridgehead atoms. The molecule has 8 heteroatoms. The minimum Gasteiger partial charge on any atom is -0.383 e. The molecule has 0 fully saturated rings. The van der Waals surface area contributed by atoms with E-state index in [1.807, 2.05) is 6.92 Å². The van der Waals surface area contributed by atoms with Crippen LogP contribution in [-0.2, 0) is 28.6 Å². The van der Waals surface area contributed by atoms with Crippen molar-refractivity contribution in [1.82, 2.24) is 25.5 Å². The molecule has 0 aliphatic rings. The highest BCUT2D eigenvalue weighted by Gasteiger charge is 2.06. The molecule has 0 aromatic carbocycles. The quantitative estimate of drug-likeness (QED) is 0.585. The Balaban J connectivity index is 2.34. The van der Waals surface area contributed by atoms with E-state index in [1.54, 1.807) is 11.8 Å². The van der Waals surface area contributed by atoms with Gasteiger partial charge in [0.25, 0.3) is 0 Å². The van der Waals surface area contributed by atoms with Gasteiger partial charge in [0.15, 0.2) is 5.82 Å². The Bertz CT molecular complexity index is 344. The first-order valence-electron chi connectivity index (χ1n) is 5.57.